The summed E-state index contributed by atoms with van der Waals surface area (Å²) in [6.45, 7) is 6.08. The third-order valence-corrected chi connectivity index (χ3v) is 4.51. The van der Waals surface area contributed by atoms with Gasteiger partial charge in [-0.15, -0.1) is 0 Å². The number of hydrogen-bond acceptors (Lipinski definition) is 3. The number of carbonyl (C=O) groups excluding carboxylic acids is 1. The molecule has 4 nitrogen and oxygen atoms in total. The molecule has 0 radical (unpaired) electrons. The fraction of sp³-hybridized carbons (Fsp3) is 0.200. The normalized spacial score (nSPS) is 10.9. The topological polar surface area (TPSA) is 56.1 Å². The van der Waals surface area contributed by atoms with Crippen molar-refractivity contribution in [1.29, 1.82) is 5.26 Å². The molecule has 128 valence electrons. The molecule has 0 spiro atoms. The Morgan fingerprint density at radius 3 is 2.36 bits per heavy atom. The highest BCUT2D eigenvalue weighted by molar-refractivity contribution is 9.10. The summed E-state index contributed by atoms with van der Waals surface area (Å²) in [6.07, 6.45) is 1.60. The van der Waals surface area contributed by atoms with E-state index >= 15 is 0 Å². The Labute approximate surface area is 156 Å². The summed E-state index contributed by atoms with van der Waals surface area (Å²) < 4.78 is 0.768. The van der Waals surface area contributed by atoms with E-state index in [4.69, 9.17) is 0 Å². The van der Waals surface area contributed by atoms with Gasteiger partial charge in [0.05, 0.1) is 5.69 Å². The van der Waals surface area contributed by atoms with Gasteiger partial charge in [-0.25, -0.2) is 0 Å². The second-order valence-electron chi connectivity index (χ2n) is 5.37. The molecular formula is C20H20BrN3O. The maximum absolute atomic E-state index is 12.3. The van der Waals surface area contributed by atoms with Crippen LogP contribution in [0.25, 0.3) is 6.08 Å². The number of benzene rings is 2. The number of rotatable bonds is 6. The van der Waals surface area contributed by atoms with Crippen molar-refractivity contribution in [3.8, 4) is 6.07 Å². The van der Waals surface area contributed by atoms with E-state index in [1.165, 1.54) is 0 Å². The number of hydrogen-bond donors (Lipinski definition) is 1. The second kappa shape index (κ2) is 9.05. The molecular weight excluding hydrogens is 378 g/mol. The van der Waals surface area contributed by atoms with Crippen molar-refractivity contribution in [3.63, 3.8) is 0 Å². The maximum atomic E-state index is 12.3. The molecule has 1 N–H and O–H groups in total. The Hall–Kier alpha value is -2.58. The molecule has 0 aliphatic rings. The van der Waals surface area contributed by atoms with Crippen molar-refractivity contribution < 1.29 is 4.79 Å². The molecule has 0 aromatic heterocycles. The molecule has 5 heteroatoms. The van der Waals surface area contributed by atoms with Gasteiger partial charge in [-0.3, -0.25) is 4.79 Å². The number of amides is 1. The molecule has 2 aromatic rings. The molecule has 0 bridgehead atoms. The van der Waals surface area contributed by atoms with Crippen molar-refractivity contribution >= 4 is 39.3 Å². The first-order valence-corrected chi connectivity index (χ1v) is 8.91. The molecule has 0 heterocycles. The highest BCUT2D eigenvalue weighted by atomic mass is 79.9. The van der Waals surface area contributed by atoms with Gasteiger partial charge in [-0.2, -0.15) is 5.26 Å². The Bertz CT molecular complexity index is 802. The van der Waals surface area contributed by atoms with Gasteiger partial charge in [0.1, 0.15) is 11.6 Å². The first-order valence-electron chi connectivity index (χ1n) is 8.11. The molecule has 0 aliphatic heterocycles. The van der Waals surface area contributed by atoms with Crippen LogP contribution in [0.3, 0.4) is 0 Å². The monoisotopic (exact) mass is 397 g/mol. The standard InChI is InChI=1S/C20H20BrN3O/c1-3-24(4-2)17-11-9-15(10-12-17)13-16(14-22)20(25)23-19-8-6-5-7-18(19)21/h5-13H,3-4H2,1-2H3,(H,23,25)/b16-13-. The van der Waals surface area contributed by atoms with Crippen molar-refractivity contribution in [3.05, 3.63) is 64.1 Å². The van der Waals surface area contributed by atoms with Gasteiger partial charge in [0.2, 0.25) is 0 Å². The molecule has 0 atom stereocenters. The fourth-order valence-electron chi connectivity index (χ4n) is 2.44. The summed E-state index contributed by atoms with van der Waals surface area (Å²) in [5, 5.41) is 12.1. The average Bonchev–Trinajstić information content (AvgIpc) is 2.63. The Morgan fingerprint density at radius 2 is 1.80 bits per heavy atom. The van der Waals surface area contributed by atoms with Crippen LogP contribution in [0.5, 0.6) is 0 Å². The Balaban J connectivity index is 2.18. The van der Waals surface area contributed by atoms with Crippen LogP contribution in [-0.4, -0.2) is 19.0 Å². The van der Waals surface area contributed by atoms with Crippen LogP contribution >= 0.6 is 15.9 Å². The van der Waals surface area contributed by atoms with Crippen LogP contribution in [0.2, 0.25) is 0 Å². The second-order valence-corrected chi connectivity index (χ2v) is 6.22. The van der Waals surface area contributed by atoms with Crippen LogP contribution in [0.15, 0.2) is 58.6 Å². The molecule has 1 amide bonds. The number of anilines is 2. The summed E-state index contributed by atoms with van der Waals surface area (Å²) in [7, 11) is 0. The van der Waals surface area contributed by atoms with Crippen LogP contribution in [0.4, 0.5) is 11.4 Å². The van der Waals surface area contributed by atoms with E-state index in [2.05, 4.69) is 40.0 Å². The highest BCUT2D eigenvalue weighted by Crippen LogP contribution is 2.22. The Morgan fingerprint density at radius 1 is 1.16 bits per heavy atom. The fourth-order valence-corrected chi connectivity index (χ4v) is 2.82. The van der Waals surface area contributed by atoms with E-state index in [0.717, 1.165) is 28.8 Å². The minimum Gasteiger partial charge on any atom is -0.372 e. The summed E-state index contributed by atoms with van der Waals surface area (Å²) >= 11 is 3.38. The van der Waals surface area contributed by atoms with Crippen molar-refractivity contribution in [2.75, 3.05) is 23.3 Å². The number of halogens is 1. The number of nitrogens with zero attached hydrogens (tertiary/aromatic N) is 2. The van der Waals surface area contributed by atoms with Gasteiger partial charge < -0.3 is 10.2 Å². The van der Waals surface area contributed by atoms with E-state index in [1.54, 1.807) is 12.1 Å². The lowest BCUT2D eigenvalue weighted by molar-refractivity contribution is -0.112. The van der Waals surface area contributed by atoms with E-state index < -0.39 is 5.91 Å². The van der Waals surface area contributed by atoms with Gasteiger partial charge in [0.15, 0.2) is 0 Å². The minimum absolute atomic E-state index is 0.0614. The molecule has 0 aliphatic carbocycles. The first kappa shape index (κ1) is 18.8. The quantitative estimate of drug-likeness (QED) is 0.560. The molecule has 2 rings (SSSR count). The van der Waals surface area contributed by atoms with E-state index in [-0.39, 0.29) is 5.57 Å². The Kier molecular flexibility index (Phi) is 6.79. The van der Waals surface area contributed by atoms with E-state index in [1.807, 2.05) is 48.5 Å². The van der Waals surface area contributed by atoms with Crippen molar-refractivity contribution in [2.24, 2.45) is 0 Å². The predicted molar refractivity (Wildman–Crippen MR) is 106 cm³/mol. The summed E-state index contributed by atoms with van der Waals surface area (Å²) in [6, 6.07) is 17.1. The summed E-state index contributed by atoms with van der Waals surface area (Å²) in [5.41, 5.74) is 2.63. The lowest BCUT2D eigenvalue weighted by Gasteiger charge is -2.20. The third-order valence-electron chi connectivity index (χ3n) is 3.82. The summed E-state index contributed by atoms with van der Waals surface area (Å²) in [5.74, 6) is -0.429. The highest BCUT2D eigenvalue weighted by Gasteiger charge is 2.11. The van der Waals surface area contributed by atoms with Crippen molar-refractivity contribution in [1.82, 2.24) is 0 Å². The molecule has 25 heavy (non-hydrogen) atoms. The largest absolute Gasteiger partial charge is 0.372 e. The first-order chi connectivity index (χ1) is 12.1. The van der Waals surface area contributed by atoms with E-state index in [9.17, 15) is 10.1 Å². The van der Waals surface area contributed by atoms with Gasteiger partial charge in [0.25, 0.3) is 5.91 Å². The number of nitrogens with one attached hydrogen (secondary N) is 1. The molecule has 0 fully saturated rings. The average molecular weight is 398 g/mol. The zero-order valence-corrected chi connectivity index (χ0v) is 15.9. The molecule has 0 unspecified atom stereocenters. The van der Waals surface area contributed by atoms with Gasteiger partial charge in [0, 0.05) is 23.2 Å². The summed E-state index contributed by atoms with van der Waals surface area (Å²) in [4.78, 5) is 14.6. The van der Waals surface area contributed by atoms with Crippen LogP contribution in [0.1, 0.15) is 19.4 Å². The third kappa shape index (κ3) is 4.94. The number of para-hydroxylation sites is 1. The zero-order valence-electron chi connectivity index (χ0n) is 14.3. The SMILES string of the molecule is CCN(CC)c1ccc(/C=C(/C#N)C(=O)Nc2ccccc2Br)cc1. The van der Waals surface area contributed by atoms with Crippen molar-refractivity contribution in [2.45, 2.75) is 13.8 Å². The smallest absolute Gasteiger partial charge is 0.266 e. The van der Waals surface area contributed by atoms with Gasteiger partial charge >= 0.3 is 0 Å². The number of carbonyl (C=O) groups is 1. The minimum atomic E-state index is -0.429. The van der Waals surface area contributed by atoms with Crippen LogP contribution < -0.4 is 10.2 Å². The van der Waals surface area contributed by atoms with Gasteiger partial charge in [-0.1, -0.05) is 24.3 Å². The lowest BCUT2D eigenvalue weighted by Crippen LogP contribution is -2.21. The zero-order chi connectivity index (χ0) is 18.2. The molecule has 2 aromatic carbocycles. The molecule has 0 saturated carbocycles. The predicted octanol–water partition coefficient (Wildman–Crippen LogP) is 4.84. The van der Waals surface area contributed by atoms with Crippen LogP contribution in [0, 0.1) is 11.3 Å². The van der Waals surface area contributed by atoms with Gasteiger partial charge in [-0.05, 0) is 65.7 Å². The maximum Gasteiger partial charge on any atom is 0.266 e. The lowest BCUT2D eigenvalue weighted by atomic mass is 10.1. The molecule has 0 saturated heterocycles. The van der Waals surface area contributed by atoms with E-state index in [0.29, 0.717) is 5.69 Å². The van der Waals surface area contributed by atoms with Crippen LogP contribution in [-0.2, 0) is 4.79 Å². The number of nitriles is 1.